The first-order valence-corrected chi connectivity index (χ1v) is 17.5. The summed E-state index contributed by atoms with van der Waals surface area (Å²) in [6.07, 6.45) is 17.2. The number of amides is 2. The number of nitrogens with one attached hydrogen (secondary N) is 1. The fourth-order valence-corrected chi connectivity index (χ4v) is 5.95. The molecule has 0 saturated heterocycles. The summed E-state index contributed by atoms with van der Waals surface area (Å²) in [6.45, 7) is 2.25. The van der Waals surface area contributed by atoms with Crippen LogP contribution in [0.4, 0.5) is 11.4 Å². The van der Waals surface area contributed by atoms with E-state index in [1.165, 1.54) is 88.5 Å². The number of anilines is 2. The Balaban J connectivity index is 1.47. The van der Waals surface area contributed by atoms with Gasteiger partial charge >= 0.3 is 0 Å². The van der Waals surface area contributed by atoms with Crippen LogP contribution in [0.2, 0.25) is 0 Å². The first-order valence-electron chi connectivity index (χ1n) is 16.0. The second-order valence-corrected chi connectivity index (χ2v) is 12.9. The van der Waals surface area contributed by atoms with Gasteiger partial charge in [-0.2, -0.15) is 23.8 Å². The van der Waals surface area contributed by atoms with Crippen LogP contribution in [0.15, 0.2) is 58.5 Å². The van der Waals surface area contributed by atoms with E-state index in [0.717, 1.165) is 24.3 Å². The lowest BCUT2D eigenvalue weighted by atomic mass is 9.92. The molecule has 2 aromatic carbocycles. The summed E-state index contributed by atoms with van der Waals surface area (Å²) in [5.41, 5.74) is 1.94. The number of nitrogens with zero attached hydrogens (tertiary/aromatic N) is 3. The highest BCUT2D eigenvalue weighted by Gasteiger charge is 2.37. The van der Waals surface area contributed by atoms with Crippen LogP contribution in [0.3, 0.4) is 0 Å². The molecule has 2 N–H and O–H groups in total. The van der Waals surface area contributed by atoms with Crippen LogP contribution >= 0.6 is 0 Å². The standard InChI is InChI=1S/C34H46N4O5S/c1-2-3-4-5-6-7-8-9-10-11-12-13-14-20-32(39)36-28-23-21-27(22-24-28)33-31(19-16-25-35)34(40)38(37-33)29-17-15-18-30(26-29)44(41,42)43/h15,17-18,21-24,26,31H,2-14,16,19-20H2,1H3,(H,36,39)(H,41,42,43). The molecule has 0 saturated carbocycles. The van der Waals surface area contributed by atoms with Crippen molar-refractivity contribution in [3.05, 3.63) is 54.1 Å². The van der Waals surface area contributed by atoms with Crippen molar-refractivity contribution in [3.8, 4) is 6.07 Å². The van der Waals surface area contributed by atoms with Crippen LogP contribution in [0.25, 0.3) is 0 Å². The fraction of sp³-hybridized carbons (Fsp3) is 0.529. The molecule has 238 valence electrons. The molecule has 0 aromatic heterocycles. The molecule has 44 heavy (non-hydrogen) atoms. The lowest BCUT2D eigenvalue weighted by Crippen LogP contribution is -2.27. The molecular formula is C34H46N4O5S. The number of carbonyl (C=O) groups is 2. The van der Waals surface area contributed by atoms with Crippen molar-refractivity contribution in [3.63, 3.8) is 0 Å². The van der Waals surface area contributed by atoms with Crippen molar-refractivity contribution in [2.24, 2.45) is 11.0 Å². The van der Waals surface area contributed by atoms with E-state index in [1.54, 1.807) is 24.3 Å². The Morgan fingerprint density at radius 2 is 1.52 bits per heavy atom. The zero-order valence-corrected chi connectivity index (χ0v) is 26.7. The minimum absolute atomic E-state index is 0.0361. The number of nitriles is 1. The maximum absolute atomic E-state index is 13.3. The first kappa shape index (κ1) is 34.9. The van der Waals surface area contributed by atoms with Crippen LogP contribution in [0.5, 0.6) is 0 Å². The van der Waals surface area contributed by atoms with Crippen molar-refractivity contribution in [1.82, 2.24) is 0 Å². The molecule has 1 heterocycles. The van der Waals surface area contributed by atoms with Crippen LogP contribution in [-0.4, -0.2) is 30.5 Å². The van der Waals surface area contributed by atoms with Crippen LogP contribution < -0.4 is 10.3 Å². The van der Waals surface area contributed by atoms with E-state index in [1.807, 2.05) is 0 Å². The molecule has 9 nitrogen and oxygen atoms in total. The zero-order chi connectivity index (χ0) is 31.8. The van der Waals surface area contributed by atoms with E-state index >= 15 is 0 Å². The van der Waals surface area contributed by atoms with Crippen molar-refractivity contribution in [1.29, 1.82) is 5.26 Å². The van der Waals surface area contributed by atoms with Crippen LogP contribution in [0.1, 0.15) is 115 Å². The zero-order valence-electron chi connectivity index (χ0n) is 25.8. The fourth-order valence-electron chi connectivity index (χ4n) is 5.43. The normalized spacial score (nSPS) is 14.8. The lowest BCUT2D eigenvalue weighted by molar-refractivity contribution is -0.120. The largest absolute Gasteiger partial charge is 0.326 e. The first-order chi connectivity index (χ1) is 21.2. The van der Waals surface area contributed by atoms with Gasteiger partial charge in [0.25, 0.3) is 16.0 Å². The van der Waals surface area contributed by atoms with Gasteiger partial charge in [-0.15, -0.1) is 0 Å². The third kappa shape index (κ3) is 11.2. The predicted octanol–water partition coefficient (Wildman–Crippen LogP) is 8.02. The molecule has 1 aliphatic heterocycles. The molecule has 0 radical (unpaired) electrons. The molecule has 0 aliphatic carbocycles. The maximum atomic E-state index is 13.3. The quantitative estimate of drug-likeness (QED) is 0.113. The van der Waals surface area contributed by atoms with E-state index in [2.05, 4.69) is 23.4 Å². The van der Waals surface area contributed by atoms with E-state index in [4.69, 9.17) is 5.26 Å². The number of hydrogen-bond acceptors (Lipinski definition) is 6. The van der Waals surface area contributed by atoms with E-state index in [-0.39, 0.29) is 29.3 Å². The summed E-state index contributed by atoms with van der Waals surface area (Å²) in [5.74, 6) is -1.12. The molecule has 2 aromatic rings. The number of rotatable bonds is 20. The van der Waals surface area contributed by atoms with E-state index in [0.29, 0.717) is 23.4 Å². The summed E-state index contributed by atoms with van der Waals surface area (Å²) >= 11 is 0. The highest BCUT2D eigenvalue weighted by atomic mass is 32.2. The van der Waals surface area contributed by atoms with Gasteiger partial charge in [0.15, 0.2) is 0 Å². The smallest absolute Gasteiger partial charge is 0.294 e. The Kier molecular flexibility index (Phi) is 14.5. The molecule has 0 fully saturated rings. The average molecular weight is 623 g/mol. The minimum Gasteiger partial charge on any atom is -0.326 e. The van der Waals surface area contributed by atoms with Crippen molar-refractivity contribution in [2.75, 3.05) is 10.3 Å². The summed E-state index contributed by atoms with van der Waals surface area (Å²) in [4.78, 5) is 25.4. The summed E-state index contributed by atoms with van der Waals surface area (Å²) < 4.78 is 32.6. The van der Waals surface area contributed by atoms with Crippen molar-refractivity contribution >= 4 is 39.0 Å². The van der Waals surface area contributed by atoms with Gasteiger partial charge in [0.05, 0.1) is 28.3 Å². The van der Waals surface area contributed by atoms with Crippen LogP contribution in [-0.2, 0) is 19.7 Å². The molecule has 1 aliphatic rings. The second kappa shape index (κ2) is 18.3. The third-order valence-corrected chi connectivity index (χ3v) is 8.77. The summed E-state index contributed by atoms with van der Waals surface area (Å²) in [7, 11) is -4.46. The Bertz CT molecular complexity index is 1400. The molecule has 1 unspecified atom stereocenters. The maximum Gasteiger partial charge on any atom is 0.294 e. The Morgan fingerprint density at radius 1 is 0.932 bits per heavy atom. The second-order valence-electron chi connectivity index (χ2n) is 11.5. The lowest BCUT2D eigenvalue weighted by Gasteiger charge is -2.14. The van der Waals surface area contributed by atoms with Gasteiger partial charge < -0.3 is 5.32 Å². The number of hydrazone groups is 1. The van der Waals surface area contributed by atoms with Gasteiger partial charge in [-0.3, -0.25) is 14.1 Å². The number of carbonyl (C=O) groups excluding carboxylic acids is 2. The molecule has 2 amide bonds. The topological polar surface area (TPSA) is 140 Å². The Morgan fingerprint density at radius 3 is 2.09 bits per heavy atom. The van der Waals surface area contributed by atoms with Crippen LogP contribution in [0, 0.1) is 17.2 Å². The van der Waals surface area contributed by atoms with Crippen molar-refractivity contribution < 1.29 is 22.6 Å². The Labute approximate surface area is 262 Å². The average Bonchev–Trinajstić information content (AvgIpc) is 3.34. The van der Waals surface area contributed by atoms with Gasteiger partial charge in [0.2, 0.25) is 5.91 Å². The monoisotopic (exact) mass is 622 g/mol. The van der Waals surface area contributed by atoms with Gasteiger partial charge in [-0.25, -0.2) is 0 Å². The molecule has 10 heteroatoms. The SMILES string of the molecule is CCCCCCCCCCCCCCCC(=O)Nc1ccc(C2=NN(c3cccc(S(=O)(=O)O)c3)C(=O)C2CCC#N)cc1. The van der Waals surface area contributed by atoms with E-state index < -0.39 is 21.9 Å². The number of unbranched alkanes of at least 4 members (excludes halogenated alkanes) is 12. The summed E-state index contributed by atoms with van der Waals surface area (Å²) in [6, 6.07) is 14.5. The van der Waals surface area contributed by atoms with Gasteiger partial charge in [-0.1, -0.05) is 102 Å². The van der Waals surface area contributed by atoms with Gasteiger partial charge in [0.1, 0.15) is 0 Å². The Hall–Kier alpha value is -3.55. The number of benzene rings is 2. The molecule has 1 atom stereocenters. The van der Waals surface area contributed by atoms with Gasteiger partial charge in [-0.05, 0) is 48.7 Å². The highest BCUT2D eigenvalue weighted by molar-refractivity contribution is 7.85. The third-order valence-electron chi connectivity index (χ3n) is 7.92. The van der Waals surface area contributed by atoms with E-state index in [9.17, 15) is 22.6 Å². The molecule has 0 bridgehead atoms. The highest BCUT2D eigenvalue weighted by Crippen LogP contribution is 2.31. The molecule has 0 spiro atoms. The predicted molar refractivity (Wildman–Crippen MR) is 174 cm³/mol. The molecule has 3 rings (SSSR count). The summed E-state index contributed by atoms with van der Waals surface area (Å²) in [5, 5.41) is 17.6. The number of hydrogen-bond donors (Lipinski definition) is 2. The van der Waals surface area contributed by atoms with Crippen molar-refractivity contribution in [2.45, 2.75) is 115 Å². The minimum atomic E-state index is -4.46. The molecular weight excluding hydrogens is 576 g/mol. The van der Waals surface area contributed by atoms with Gasteiger partial charge in [0, 0.05) is 18.5 Å².